The van der Waals surface area contributed by atoms with Crippen LogP contribution in [0.4, 0.5) is 5.69 Å². The number of nitrogens with zero attached hydrogens (tertiary/aromatic N) is 1. The molecule has 5 heteroatoms. The minimum atomic E-state index is -0.155. The Balaban J connectivity index is 0.00000180. The molecular weight excluding hydrogens is 264 g/mol. The van der Waals surface area contributed by atoms with Gasteiger partial charge in [0.1, 0.15) is 5.75 Å². The van der Waals surface area contributed by atoms with Gasteiger partial charge in [-0.05, 0) is 37.1 Å². The highest BCUT2D eigenvalue weighted by molar-refractivity contribution is 5.97. The van der Waals surface area contributed by atoms with Crippen LogP contribution in [0.1, 0.15) is 19.4 Å². The van der Waals surface area contributed by atoms with E-state index in [1.807, 2.05) is 36.9 Å². The summed E-state index contributed by atoms with van der Waals surface area (Å²) < 4.78 is 5.20. The molecule has 2 rings (SSSR count). The quantitative estimate of drug-likeness (QED) is 0.923. The lowest BCUT2D eigenvalue weighted by atomic mass is 10.0. The number of carbonyl (C=O) groups excluding carboxylic acids is 1. The molecule has 0 radical (unpaired) electrons. The first-order chi connectivity index (χ1) is 8.54. The Bertz CT molecular complexity index is 463. The number of amides is 1. The summed E-state index contributed by atoms with van der Waals surface area (Å²) in [6, 6.07) is 5.72. The van der Waals surface area contributed by atoms with Crippen LogP contribution in [0.15, 0.2) is 18.2 Å². The molecule has 1 aromatic rings. The number of ether oxygens (including phenoxy) is 1. The third-order valence-electron chi connectivity index (χ3n) is 3.63. The van der Waals surface area contributed by atoms with Crippen molar-refractivity contribution >= 4 is 24.0 Å². The highest BCUT2D eigenvalue weighted by Crippen LogP contribution is 2.32. The maximum atomic E-state index is 12.3. The number of benzene rings is 1. The summed E-state index contributed by atoms with van der Waals surface area (Å²) in [5.74, 6) is 0.787. The van der Waals surface area contributed by atoms with E-state index >= 15 is 0 Å². The smallest absolute Gasteiger partial charge is 0.231 e. The summed E-state index contributed by atoms with van der Waals surface area (Å²) in [5.41, 5.74) is 7.96. The molecule has 0 saturated heterocycles. The van der Waals surface area contributed by atoms with E-state index in [-0.39, 0.29) is 30.3 Å². The molecule has 0 saturated carbocycles. The van der Waals surface area contributed by atoms with Gasteiger partial charge in [-0.15, -0.1) is 12.4 Å². The molecule has 1 aliphatic heterocycles. The largest absolute Gasteiger partial charge is 0.497 e. The van der Waals surface area contributed by atoms with Crippen molar-refractivity contribution in [3.63, 3.8) is 0 Å². The van der Waals surface area contributed by atoms with E-state index in [0.29, 0.717) is 0 Å². The van der Waals surface area contributed by atoms with Crippen molar-refractivity contribution in [3.05, 3.63) is 23.8 Å². The number of nitrogens with two attached hydrogens (primary N) is 1. The molecule has 1 aliphatic rings. The van der Waals surface area contributed by atoms with Gasteiger partial charge in [-0.1, -0.05) is 6.92 Å². The van der Waals surface area contributed by atoms with Crippen LogP contribution in [-0.2, 0) is 11.2 Å². The van der Waals surface area contributed by atoms with Gasteiger partial charge in [0.2, 0.25) is 5.91 Å². The lowest BCUT2D eigenvalue weighted by molar-refractivity contribution is -0.122. The zero-order valence-electron chi connectivity index (χ0n) is 11.6. The van der Waals surface area contributed by atoms with Crippen LogP contribution in [-0.4, -0.2) is 25.6 Å². The predicted octanol–water partition coefficient (Wildman–Crippen LogP) is 1.99. The standard InChI is InChI=1S/C14H20N2O2.ClH/c1-9(10(2)15)14(17)16-7-6-11-8-12(18-3)4-5-13(11)16;/h4-5,8-10H,6-7,15H2,1-3H3;1H. The van der Waals surface area contributed by atoms with E-state index in [0.717, 1.165) is 24.4 Å². The molecule has 4 nitrogen and oxygen atoms in total. The third kappa shape index (κ3) is 3.01. The molecule has 1 aromatic carbocycles. The molecule has 19 heavy (non-hydrogen) atoms. The second-order valence-electron chi connectivity index (χ2n) is 4.88. The summed E-state index contributed by atoms with van der Waals surface area (Å²) in [7, 11) is 1.65. The number of hydrogen-bond acceptors (Lipinski definition) is 3. The predicted molar refractivity (Wildman–Crippen MR) is 79.1 cm³/mol. The molecule has 0 aliphatic carbocycles. The third-order valence-corrected chi connectivity index (χ3v) is 3.63. The maximum absolute atomic E-state index is 12.3. The number of anilines is 1. The molecule has 0 bridgehead atoms. The average molecular weight is 285 g/mol. The average Bonchev–Trinajstić information content (AvgIpc) is 2.79. The fraction of sp³-hybridized carbons (Fsp3) is 0.500. The molecule has 0 spiro atoms. The van der Waals surface area contributed by atoms with E-state index in [1.54, 1.807) is 7.11 Å². The van der Waals surface area contributed by atoms with Gasteiger partial charge in [0, 0.05) is 18.3 Å². The first-order valence-electron chi connectivity index (χ1n) is 6.28. The van der Waals surface area contributed by atoms with Gasteiger partial charge >= 0.3 is 0 Å². The van der Waals surface area contributed by atoms with Crippen molar-refractivity contribution in [2.45, 2.75) is 26.3 Å². The van der Waals surface area contributed by atoms with Crippen LogP contribution in [0.5, 0.6) is 5.75 Å². The molecule has 106 valence electrons. The first kappa shape index (κ1) is 15.8. The number of rotatable bonds is 3. The Morgan fingerprint density at radius 2 is 2.11 bits per heavy atom. The number of methoxy groups -OCH3 is 1. The second-order valence-corrected chi connectivity index (χ2v) is 4.88. The van der Waals surface area contributed by atoms with Gasteiger partial charge in [0.15, 0.2) is 0 Å². The lowest BCUT2D eigenvalue weighted by Crippen LogP contribution is -2.41. The van der Waals surface area contributed by atoms with Gasteiger partial charge in [-0.3, -0.25) is 4.79 Å². The molecule has 2 atom stereocenters. The summed E-state index contributed by atoms with van der Waals surface area (Å²) in [4.78, 5) is 14.2. The molecule has 2 N–H and O–H groups in total. The van der Waals surface area contributed by atoms with Crippen LogP contribution >= 0.6 is 12.4 Å². The number of fused-ring (bicyclic) bond motifs is 1. The van der Waals surface area contributed by atoms with E-state index < -0.39 is 0 Å². The molecule has 0 aromatic heterocycles. The van der Waals surface area contributed by atoms with Crippen molar-refractivity contribution in [2.75, 3.05) is 18.6 Å². The summed E-state index contributed by atoms with van der Waals surface area (Å²) in [6.45, 7) is 4.49. The second kappa shape index (κ2) is 6.26. The van der Waals surface area contributed by atoms with Crippen molar-refractivity contribution < 1.29 is 9.53 Å². The van der Waals surface area contributed by atoms with E-state index in [2.05, 4.69) is 0 Å². The van der Waals surface area contributed by atoms with Crippen LogP contribution in [0.3, 0.4) is 0 Å². The Labute approximate surface area is 120 Å². The monoisotopic (exact) mass is 284 g/mol. The summed E-state index contributed by atoms with van der Waals surface area (Å²) >= 11 is 0. The number of carbonyl (C=O) groups is 1. The van der Waals surface area contributed by atoms with Crippen molar-refractivity contribution in [1.29, 1.82) is 0 Å². The molecule has 2 unspecified atom stereocenters. The van der Waals surface area contributed by atoms with E-state index in [1.165, 1.54) is 5.56 Å². The Morgan fingerprint density at radius 1 is 1.42 bits per heavy atom. The topological polar surface area (TPSA) is 55.6 Å². The Morgan fingerprint density at radius 3 is 2.68 bits per heavy atom. The number of hydrogen-bond donors (Lipinski definition) is 1. The Kier molecular flexibility index (Phi) is 5.20. The van der Waals surface area contributed by atoms with Crippen molar-refractivity contribution in [2.24, 2.45) is 11.7 Å². The molecular formula is C14H21ClN2O2. The van der Waals surface area contributed by atoms with Crippen LogP contribution < -0.4 is 15.4 Å². The van der Waals surface area contributed by atoms with E-state index in [4.69, 9.17) is 10.5 Å². The van der Waals surface area contributed by atoms with Gasteiger partial charge in [0.25, 0.3) is 0 Å². The fourth-order valence-electron chi connectivity index (χ4n) is 2.20. The van der Waals surface area contributed by atoms with Crippen molar-refractivity contribution in [1.82, 2.24) is 0 Å². The first-order valence-corrected chi connectivity index (χ1v) is 6.28. The number of halogens is 1. The summed E-state index contributed by atoms with van der Waals surface area (Å²) in [5, 5.41) is 0. The maximum Gasteiger partial charge on any atom is 0.231 e. The van der Waals surface area contributed by atoms with Crippen LogP contribution in [0, 0.1) is 5.92 Å². The molecule has 0 fully saturated rings. The Hall–Kier alpha value is -1.26. The lowest BCUT2D eigenvalue weighted by Gasteiger charge is -2.23. The normalized spacial score (nSPS) is 16.3. The van der Waals surface area contributed by atoms with Gasteiger partial charge in [-0.2, -0.15) is 0 Å². The van der Waals surface area contributed by atoms with Gasteiger partial charge in [0.05, 0.1) is 13.0 Å². The zero-order valence-corrected chi connectivity index (χ0v) is 12.4. The van der Waals surface area contributed by atoms with Gasteiger partial charge in [-0.25, -0.2) is 0 Å². The van der Waals surface area contributed by atoms with Crippen molar-refractivity contribution in [3.8, 4) is 5.75 Å². The van der Waals surface area contributed by atoms with Crippen LogP contribution in [0.2, 0.25) is 0 Å². The highest BCUT2D eigenvalue weighted by atomic mass is 35.5. The van der Waals surface area contributed by atoms with Crippen LogP contribution in [0.25, 0.3) is 0 Å². The minimum absolute atomic E-state index is 0. The molecule has 1 heterocycles. The zero-order chi connectivity index (χ0) is 13.3. The highest BCUT2D eigenvalue weighted by Gasteiger charge is 2.29. The van der Waals surface area contributed by atoms with E-state index in [9.17, 15) is 4.79 Å². The minimum Gasteiger partial charge on any atom is -0.497 e. The SMILES string of the molecule is COc1ccc2c(c1)CCN2C(=O)C(C)C(C)N.Cl. The summed E-state index contributed by atoms with van der Waals surface area (Å²) in [6.07, 6.45) is 0.879. The van der Waals surface area contributed by atoms with Gasteiger partial charge < -0.3 is 15.4 Å². The molecule has 1 amide bonds. The fourth-order valence-corrected chi connectivity index (χ4v) is 2.20.